The smallest absolute Gasteiger partial charge is 0.355 e. The number of anilines is 1. The van der Waals surface area contributed by atoms with E-state index in [-0.39, 0.29) is 5.71 Å². The largest absolute Gasteiger partial charge is 0.464 e. The van der Waals surface area contributed by atoms with E-state index in [1.807, 2.05) is 0 Å². The SMILES string of the molecule is COC(=O)C1=NN[C@@]2(C)C(=O)N(c3ccc(Br)cc3)C(=O)[C@@H]12. The molecule has 2 heterocycles. The van der Waals surface area contributed by atoms with Gasteiger partial charge in [0.1, 0.15) is 11.5 Å². The lowest BCUT2D eigenvalue weighted by atomic mass is 9.86. The van der Waals surface area contributed by atoms with Crippen LogP contribution in [0.15, 0.2) is 33.8 Å². The Morgan fingerprint density at radius 1 is 1.36 bits per heavy atom. The van der Waals surface area contributed by atoms with Crippen molar-refractivity contribution >= 4 is 45.1 Å². The van der Waals surface area contributed by atoms with Crippen LogP contribution >= 0.6 is 15.9 Å². The second kappa shape index (κ2) is 4.91. The molecular formula is C14H12BrN3O4. The summed E-state index contributed by atoms with van der Waals surface area (Å²) in [6.07, 6.45) is 0. The maximum Gasteiger partial charge on any atom is 0.355 e. The number of carbonyl (C=O) groups is 3. The molecular weight excluding hydrogens is 354 g/mol. The third-order valence-electron chi connectivity index (χ3n) is 3.85. The number of amides is 2. The molecule has 3 rings (SSSR count). The third-order valence-corrected chi connectivity index (χ3v) is 4.38. The number of imide groups is 1. The topological polar surface area (TPSA) is 88.1 Å². The number of benzene rings is 1. The van der Waals surface area contributed by atoms with Crippen molar-refractivity contribution in [1.29, 1.82) is 0 Å². The van der Waals surface area contributed by atoms with Crippen molar-refractivity contribution in [2.75, 3.05) is 12.0 Å². The number of rotatable bonds is 2. The van der Waals surface area contributed by atoms with Crippen LogP contribution in [0.3, 0.4) is 0 Å². The van der Waals surface area contributed by atoms with Crippen LogP contribution in [0.1, 0.15) is 6.92 Å². The average Bonchev–Trinajstić information content (AvgIpc) is 2.95. The van der Waals surface area contributed by atoms with Crippen molar-refractivity contribution in [3.8, 4) is 0 Å². The molecule has 0 spiro atoms. The molecule has 1 fully saturated rings. The number of hydrogen-bond acceptors (Lipinski definition) is 6. The summed E-state index contributed by atoms with van der Waals surface area (Å²) in [5.41, 5.74) is 1.71. The minimum Gasteiger partial charge on any atom is -0.464 e. The van der Waals surface area contributed by atoms with Gasteiger partial charge in [-0.2, -0.15) is 5.10 Å². The van der Waals surface area contributed by atoms with Gasteiger partial charge in [-0.3, -0.25) is 15.0 Å². The predicted octanol–water partition coefficient (Wildman–Crippen LogP) is 0.829. The van der Waals surface area contributed by atoms with Crippen LogP contribution in [0, 0.1) is 5.92 Å². The first-order valence-corrected chi connectivity index (χ1v) is 7.26. The minimum atomic E-state index is -1.27. The van der Waals surface area contributed by atoms with Crippen molar-refractivity contribution in [1.82, 2.24) is 5.43 Å². The highest BCUT2D eigenvalue weighted by molar-refractivity contribution is 9.10. The number of carbonyl (C=O) groups excluding carboxylic acids is 3. The van der Waals surface area contributed by atoms with E-state index in [0.29, 0.717) is 5.69 Å². The summed E-state index contributed by atoms with van der Waals surface area (Å²) in [7, 11) is 1.20. The normalized spacial score (nSPS) is 26.6. The van der Waals surface area contributed by atoms with Crippen LogP contribution in [0.2, 0.25) is 0 Å². The van der Waals surface area contributed by atoms with E-state index < -0.39 is 29.2 Å². The first-order chi connectivity index (χ1) is 10.4. The molecule has 1 aromatic rings. The first-order valence-electron chi connectivity index (χ1n) is 6.47. The molecule has 1 saturated heterocycles. The number of nitrogens with one attached hydrogen (secondary N) is 1. The van der Waals surface area contributed by atoms with Crippen molar-refractivity contribution in [3.05, 3.63) is 28.7 Å². The molecule has 2 atom stereocenters. The van der Waals surface area contributed by atoms with Gasteiger partial charge >= 0.3 is 5.97 Å². The van der Waals surface area contributed by atoms with Crippen molar-refractivity contribution in [3.63, 3.8) is 0 Å². The summed E-state index contributed by atoms with van der Waals surface area (Å²) in [4.78, 5) is 38.2. The van der Waals surface area contributed by atoms with Crippen LogP contribution in [0.5, 0.6) is 0 Å². The molecule has 0 aliphatic carbocycles. The Bertz CT molecular complexity index is 715. The number of methoxy groups -OCH3 is 1. The number of hydrogen-bond donors (Lipinski definition) is 1. The number of nitrogens with zero attached hydrogens (tertiary/aromatic N) is 2. The van der Waals surface area contributed by atoms with Crippen LogP contribution in [0.4, 0.5) is 5.69 Å². The van der Waals surface area contributed by atoms with Crippen LogP contribution < -0.4 is 10.3 Å². The Balaban J connectivity index is 2.03. The Labute approximate surface area is 134 Å². The summed E-state index contributed by atoms with van der Waals surface area (Å²) in [6, 6.07) is 6.77. The van der Waals surface area contributed by atoms with E-state index in [9.17, 15) is 14.4 Å². The summed E-state index contributed by atoms with van der Waals surface area (Å²) >= 11 is 3.30. The number of halogens is 1. The van der Waals surface area contributed by atoms with Gasteiger partial charge in [0.15, 0.2) is 5.71 Å². The van der Waals surface area contributed by atoms with Gasteiger partial charge in [-0.15, -0.1) is 0 Å². The van der Waals surface area contributed by atoms with Gasteiger partial charge in [0.05, 0.1) is 12.8 Å². The standard InChI is InChI=1S/C14H12BrN3O4/c1-14-9(10(16-17-14)12(20)22-2)11(19)18(13(14)21)8-5-3-7(15)4-6-8/h3-6,9,17H,1-2H3/t9-,14-/m1/s1. The van der Waals surface area contributed by atoms with Gasteiger partial charge in [-0.05, 0) is 31.2 Å². The van der Waals surface area contributed by atoms with E-state index in [2.05, 4.69) is 31.2 Å². The Hall–Kier alpha value is -2.22. The average molecular weight is 366 g/mol. The van der Waals surface area contributed by atoms with Crippen molar-refractivity contribution < 1.29 is 19.1 Å². The lowest BCUT2D eigenvalue weighted by molar-refractivity contribution is -0.133. The lowest BCUT2D eigenvalue weighted by Crippen LogP contribution is -2.48. The van der Waals surface area contributed by atoms with E-state index in [1.165, 1.54) is 7.11 Å². The van der Waals surface area contributed by atoms with E-state index in [4.69, 9.17) is 0 Å². The maximum atomic E-state index is 12.7. The highest BCUT2D eigenvalue weighted by Crippen LogP contribution is 2.38. The van der Waals surface area contributed by atoms with Gasteiger partial charge in [0, 0.05) is 4.47 Å². The van der Waals surface area contributed by atoms with Crippen molar-refractivity contribution in [2.45, 2.75) is 12.5 Å². The van der Waals surface area contributed by atoms with Gasteiger partial charge in [-0.1, -0.05) is 15.9 Å². The third kappa shape index (κ3) is 1.87. The highest BCUT2D eigenvalue weighted by atomic mass is 79.9. The molecule has 0 aromatic heterocycles. The number of hydrazone groups is 1. The maximum absolute atomic E-state index is 12.7. The summed E-state index contributed by atoms with van der Waals surface area (Å²) in [5, 5.41) is 3.82. The number of fused-ring (bicyclic) bond motifs is 1. The van der Waals surface area contributed by atoms with Crippen LogP contribution in [-0.4, -0.2) is 36.1 Å². The van der Waals surface area contributed by atoms with Crippen molar-refractivity contribution in [2.24, 2.45) is 11.0 Å². The predicted molar refractivity (Wildman–Crippen MR) is 81.1 cm³/mol. The number of ether oxygens (including phenoxy) is 1. The van der Waals surface area contributed by atoms with Gasteiger partial charge < -0.3 is 4.74 Å². The zero-order valence-electron chi connectivity index (χ0n) is 11.8. The highest BCUT2D eigenvalue weighted by Gasteiger charge is 2.63. The monoisotopic (exact) mass is 365 g/mol. The lowest BCUT2D eigenvalue weighted by Gasteiger charge is -2.20. The molecule has 7 nitrogen and oxygen atoms in total. The molecule has 1 N–H and O–H groups in total. The summed E-state index contributed by atoms with van der Waals surface area (Å²) in [5.74, 6) is -2.66. The van der Waals surface area contributed by atoms with Crippen LogP contribution in [0.25, 0.3) is 0 Å². The van der Waals surface area contributed by atoms with Gasteiger partial charge in [-0.25, -0.2) is 9.69 Å². The second-order valence-electron chi connectivity index (χ2n) is 5.19. The molecule has 2 amide bonds. The Kier molecular flexibility index (Phi) is 3.28. The molecule has 2 aliphatic heterocycles. The molecule has 2 aliphatic rings. The molecule has 0 bridgehead atoms. The molecule has 0 unspecified atom stereocenters. The minimum absolute atomic E-state index is 0.0806. The second-order valence-corrected chi connectivity index (χ2v) is 6.11. The molecule has 22 heavy (non-hydrogen) atoms. The Morgan fingerprint density at radius 2 is 2.00 bits per heavy atom. The number of esters is 1. The zero-order valence-corrected chi connectivity index (χ0v) is 13.4. The fourth-order valence-electron chi connectivity index (χ4n) is 2.68. The summed E-state index contributed by atoms with van der Waals surface area (Å²) < 4.78 is 5.46. The fourth-order valence-corrected chi connectivity index (χ4v) is 2.94. The zero-order chi connectivity index (χ0) is 16.1. The quantitative estimate of drug-likeness (QED) is 0.619. The molecule has 114 valence electrons. The Morgan fingerprint density at radius 3 is 2.59 bits per heavy atom. The first kappa shape index (κ1) is 14.7. The molecule has 8 heteroatoms. The fraction of sp³-hybridized carbons (Fsp3) is 0.286. The van der Waals surface area contributed by atoms with E-state index >= 15 is 0 Å². The van der Waals surface area contributed by atoms with E-state index in [1.54, 1.807) is 31.2 Å². The van der Waals surface area contributed by atoms with Gasteiger partial charge in [0.25, 0.3) is 5.91 Å². The van der Waals surface area contributed by atoms with Crippen LogP contribution in [-0.2, 0) is 19.1 Å². The van der Waals surface area contributed by atoms with Gasteiger partial charge in [0.2, 0.25) is 5.91 Å². The molecule has 0 radical (unpaired) electrons. The van der Waals surface area contributed by atoms with E-state index in [0.717, 1.165) is 9.37 Å². The molecule has 0 saturated carbocycles. The summed E-state index contributed by atoms with van der Waals surface area (Å²) in [6.45, 7) is 1.55. The molecule has 1 aromatic carbocycles.